The molecule has 0 aliphatic rings. The van der Waals surface area contributed by atoms with E-state index in [1.165, 1.54) is 0 Å². The van der Waals surface area contributed by atoms with E-state index in [1.54, 1.807) is 34.6 Å². The Morgan fingerprint density at radius 1 is 1.10 bits per heavy atom. The number of carbonyl (C=O) groups excluding carboxylic acids is 1. The van der Waals surface area contributed by atoms with Gasteiger partial charge < -0.3 is 9.64 Å². The normalized spacial score (nSPS) is 11.1. The number of hydrogen-bond donors (Lipinski definition) is 0. The lowest BCUT2D eigenvalue weighted by Gasteiger charge is -2.17. The van der Waals surface area contributed by atoms with Crippen molar-refractivity contribution >= 4 is 16.9 Å². The van der Waals surface area contributed by atoms with Crippen LogP contribution in [0.1, 0.15) is 17.0 Å². The second-order valence-corrected chi connectivity index (χ2v) is 7.69. The lowest BCUT2D eigenvalue weighted by atomic mass is 10.0. The number of hydrogen-bond acceptors (Lipinski definition) is 5. The van der Waals surface area contributed by atoms with Gasteiger partial charge >= 0.3 is 0 Å². The van der Waals surface area contributed by atoms with E-state index in [0.717, 1.165) is 39.2 Å². The Kier molecular flexibility index (Phi) is 5.46. The van der Waals surface area contributed by atoms with Crippen LogP contribution in [0, 0.1) is 13.8 Å². The fraction of sp³-hybridized carbons (Fsp3) is 0.304. The fourth-order valence-electron chi connectivity index (χ4n) is 3.80. The maximum atomic E-state index is 12.9. The summed E-state index contributed by atoms with van der Waals surface area (Å²) in [6.45, 7) is 4.52. The lowest BCUT2D eigenvalue weighted by Crippen LogP contribution is -2.30. The summed E-state index contributed by atoms with van der Waals surface area (Å²) in [4.78, 5) is 19.1. The van der Waals surface area contributed by atoms with Gasteiger partial charge in [-0.2, -0.15) is 10.2 Å². The third-order valence-electron chi connectivity index (χ3n) is 5.44. The number of methoxy groups -OCH3 is 1. The molecule has 8 heteroatoms. The van der Waals surface area contributed by atoms with Gasteiger partial charge in [-0.25, -0.2) is 9.67 Å². The van der Waals surface area contributed by atoms with Crippen molar-refractivity contribution < 1.29 is 9.53 Å². The van der Waals surface area contributed by atoms with Gasteiger partial charge in [-0.15, -0.1) is 0 Å². The molecule has 0 fully saturated rings. The summed E-state index contributed by atoms with van der Waals surface area (Å²) in [6, 6.07) is 9.86. The van der Waals surface area contributed by atoms with Crippen molar-refractivity contribution in [3.05, 3.63) is 59.7 Å². The fourth-order valence-corrected chi connectivity index (χ4v) is 3.80. The highest BCUT2D eigenvalue weighted by molar-refractivity contribution is 5.95. The highest BCUT2D eigenvalue weighted by Crippen LogP contribution is 2.30. The third kappa shape index (κ3) is 4.01. The first-order chi connectivity index (χ1) is 14.9. The van der Waals surface area contributed by atoms with Crippen molar-refractivity contribution in [2.24, 2.45) is 7.05 Å². The Balaban J connectivity index is 1.61. The highest BCUT2D eigenvalue weighted by Gasteiger charge is 2.18. The summed E-state index contributed by atoms with van der Waals surface area (Å²) in [7, 11) is 5.32. The average Bonchev–Trinajstić information content (AvgIpc) is 3.25. The predicted octanol–water partition coefficient (Wildman–Crippen LogP) is 3.12. The van der Waals surface area contributed by atoms with Gasteiger partial charge in [0.2, 0.25) is 5.91 Å². The SMILES string of the molecule is COc1ccc(-c2ccnc3c2c(C)nn3CC(=O)N(C)Cc2cn(C)nc2C)cc1. The Bertz CT molecular complexity index is 1240. The molecule has 4 rings (SSSR count). The molecule has 160 valence electrons. The number of amides is 1. The van der Waals surface area contributed by atoms with Crippen LogP contribution in [0.2, 0.25) is 0 Å². The highest BCUT2D eigenvalue weighted by atomic mass is 16.5. The molecule has 1 amide bonds. The molecule has 31 heavy (non-hydrogen) atoms. The van der Waals surface area contributed by atoms with Gasteiger partial charge in [0.15, 0.2) is 5.65 Å². The number of ether oxygens (including phenoxy) is 1. The number of pyridine rings is 1. The summed E-state index contributed by atoms with van der Waals surface area (Å²) >= 11 is 0. The molecular weight excluding hydrogens is 392 g/mol. The molecule has 3 aromatic heterocycles. The zero-order chi connectivity index (χ0) is 22.1. The van der Waals surface area contributed by atoms with Crippen LogP contribution in [0.3, 0.4) is 0 Å². The van der Waals surface area contributed by atoms with E-state index < -0.39 is 0 Å². The molecule has 0 N–H and O–H groups in total. The van der Waals surface area contributed by atoms with Crippen LogP contribution in [-0.4, -0.2) is 49.5 Å². The van der Waals surface area contributed by atoms with Crippen molar-refractivity contribution in [3.8, 4) is 16.9 Å². The van der Waals surface area contributed by atoms with Crippen molar-refractivity contribution in [1.82, 2.24) is 29.4 Å². The van der Waals surface area contributed by atoms with Gasteiger partial charge in [-0.1, -0.05) is 12.1 Å². The summed E-state index contributed by atoms with van der Waals surface area (Å²) in [5.41, 5.74) is 5.57. The topological polar surface area (TPSA) is 78.1 Å². The molecule has 3 heterocycles. The standard InChI is InChI=1S/C23H26N6O2/c1-15-18(13-28(4)25-15)12-27(3)21(30)14-29-23-22(16(2)26-29)20(10-11-24-23)17-6-8-19(31-5)9-7-17/h6-11,13H,12,14H2,1-5H3. The number of aryl methyl sites for hydroxylation is 3. The van der Waals surface area contributed by atoms with Crippen LogP contribution in [0.15, 0.2) is 42.7 Å². The molecule has 0 unspecified atom stereocenters. The Morgan fingerprint density at radius 2 is 1.84 bits per heavy atom. The zero-order valence-electron chi connectivity index (χ0n) is 18.5. The first-order valence-corrected chi connectivity index (χ1v) is 10.1. The molecule has 0 atom stereocenters. The second kappa shape index (κ2) is 8.22. The van der Waals surface area contributed by atoms with Gasteiger partial charge in [0.05, 0.1) is 18.5 Å². The van der Waals surface area contributed by atoms with Crippen LogP contribution in [-0.2, 0) is 24.9 Å². The first kappa shape index (κ1) is 20.6. The molecule has 4 aromatic rings. The van der Waals surface area contributed by atoms with Crippen molar-refractivity contribution in [2.45, 2.75) is 26.9 Å². The van der Waals surface area contributed by atoms with Crippen LogP contribution in [0.25, 0.3) is 22.2 Å². The molecule has 8 nitrogen and oxygen atoms in total. The maximum absolute atomic E-state index is 12.9. The molecule has 0 aliphatic carbocycles. The van der Waals surface area contributed by atoms with Crippen LogP contribution >= 0.6 is 0 Å². The minimum Gasteiger partial charge on any atom is -0.497 e. The summed E-state index contributed by atoms with van der Waals surface area (Å²) in [5, 5.41) is 9.92. The van der Waals surface area contributed by atoms with Crippen LogP contribution < -0.4 is 4.74 Å². The quantitative estimate of drug-likeness (QED) is 0.481. The number of fused-ring (bicyclic) bond motifs is 1. The predicted molar refractivity (Wildman–Crippen MR) is 119 cm³/mol. The molecule has 0 bridgehead atoms. The van der Waals surface area contributed by atoms with Crippen molar-refractivity contribution in [1.29, 1.82) is 0 Å². The number of nitrogens with zero attached hydrogens (tertiary/aromatic N) is 6. The monoisotopic (exact) mass is 418 g/mol. The van der Waals surface area contributed by atoms with Gasteiger partial charge in [-0.05, 0) is 43.2 Å². The van der Waals surface area contributed by atoms with Gasteiger partial charge in [-0.3, -0.25) is 9.48 Å². The molecule has 1 aromatic carbocycles. The van der Waals surface area contributed by atoms with E-state index in [2.05, 4.69) is 15.2 Å². The van der Waals surface area contributed by atoms with E-state index in [-0.39, 0.29) is 12.5 Å². The lowest BCUT2D eigenvalue weighted by molar-refractivity contribution is -0.131. The molecular formula is C23H26N6O2. The van der Waals surface area contributed by atoms with E-state index in [4.69, 9.17) is 4.74 Å². The zero-order valence-corrected chi connectivity index (χ0v) is 18.5. The molecule has 0 aliphatic heterocycles. The first-order valence-electron chi connectivity index (χ1n) is 10.1. The largest absolute Gasteiger partial charge is 0.497 e. The van der Waals surface area contributed by atoms with E-state index >= 15 is 0 Å². The van der Waals surface area contributed by atoms with Gasteiger partial charge in [0, 0.05) is 44.0 Å². The summed E-state index contributed by atoms with van der Waals surface area (Å²) < 4.78 is 8.71. The molecule has 0 saturated heterocycles. The maximum Gasteiger partial charge on any atom is 0.244 e. The third-order valence-corrected chi connectivity index (χ3v) is 5.44. The average molecular weight is 419 g/mol. The molecule has 0 radical (unpaired) electrons. The summed E-state index contributed by atoms with van der Waals surface area (Å²) in [5.74, 6) is 0.767. The van der Waals surface area contributed by atoms with Crippen LogP contribution in [0.5, 0.6) is 5.75 Å². The van der Waals surface area contributed by atoms with E-state index in [9.17, 15) is 4.79 Å². The number of rotatable bonds is 6. The van der Waals surface area contributed by atoms with Crippen molar-refractivity contribution in [3.63, 3.8) is 0 Å². The number of aromatic nitrogens is 5. The minimum absolute atomic E-state index is 0.0377. The summed E-state index contributed by atoms with van der Waals surface area (Å²) in [6.07, 6.45) is 3.70. The van der Waals surface area contributed by atoms with E-state index in [0.29, 0.717) is 12.2 Å². The van der Waals surface area contributed by atoms with Gasteiger partial charge in [0.1, 0.15) is 12.3 Å². The minimum atomic E-state index is -0.0377. The molecule has 0 saturated carbocycles. The number of carbonyl (C=O) groups is 1. The molecule has 0 spiro atoms. The smallest absolute Gasteiger partial charge is 0.244 e. The number of benzene rings is 1. The van der Waals surface area contributed by atoms with E-state index in [1.807, 2.05) is 57.4 Å². The Morgan fingerprint density at radius 3 is 2.48 bits per heavy atom. The van der Waals surface area contributed by atoms with Crippen molar-refractivity contribution in [2.75, 3.05) is 14.2 Å². The van der Waals surface area contributed by atoms with Crippen LogP contribution in [0.4, 0.5) is 0 Å². The Hall–Kier alpha value is -3.68. The Labute approximate surface area is 181 Å². The second-order valence-electron chi connectivity index (χ2n) is 7.69. The van der Waals surface area contributed by atoms with Gasteiger partial charge in [0.25, 0.3) is 0 Å². The number of likely N-dealkylation sites (N-methyl/N-ethyl adjacent to an activating group) is 1.